The fraction of sp³-hybridized carbons (Fsp3) is 0.231. The van der Waals surface area contributed by atoms with Crippen LogP contribution in [0.3, 0.4) is 0 Å². The standard InChI is InChI=1S/C13H14N6O3/c1-7-15-16-13-18(14)6-8(17-19(7)13)4-11(21)10-3-2-9(20)5-12(10)22/h2-3,5,20,22H,4,6,14H2,1H3. The minimum atomic E-state index is -0.321. The highest BCUT2D eigenvalue weighted by Crippen LogP contribution is 2.24. The number of aryl methyl sites for hydroxylation is 1. The fourth-order valence-corrected chi connectivity index (χ4v) is 2.21. The lowest BCUT2D eigenvalue weighted by Crippen LogP contribution is -2.41. The number of phenols is 2. The number of fused-ring (bicyclic) bond motifs is 1. The second-order valence-electron chi connectivity index (χ2n) is 4.95. The van der Waals surface area contributed by atoms with Crippen molar-refractivity contribution >= 4 is 17.4 Å². The van der Waals surface area contributed by atoms with E-state index in [1.165, 1.54) is 21.8 Å². The molecule has 22 heavy (non-hydrogen) atoms. The second kappa shape index (κ2) is 5.11. The van der Waals surface area contributed by atoms with Crippen molar-refractivity contribution in [3.8, 4) is 11.5 Å². The maximum absolute atomic E-state index is 12.3. The number of ketones is 1. The van der Waals surface area contributed by atoms with E-state index in [-0.39, 0.29) is 35.8 Å². The Kier molecular flexibility index (Phi) is 3.26. The first-order chi connectivity index (χ1) is 10.5. The summed E-state index contributed by atoms with van der Waals surface area (Å²) in [7, 11) is 0. The van der Waals surface area contributed by atoms with E-state index >= 15 is 0 Å². The van der Waals surface area contributed by atoms with Crippen LogP contribution in [0.2, 0.25) is 0 Å². The highest BCUT2D eigenvalue weighted by Gasteiger charge is 2.23. The van der Waals surface area contributed by atoms with E-state index in [2.05, 4.69) is 15.3 Å². The molecule has 9 heteroatoms. The van der Waals surface area contributed by atoms with Gasteiger partial charge in [0.2, 0.25) is 0 Å². The average Bonchev–Trinajstić information content (AvgIpc) is 2.81. The summed E-state index contributed by atoms with van der Waals surface area (Å²) in [6.07, 6.45) is -0.0108. The van der Waals surface area contributed by atoms with Crippen molar-refractivity contribution in [2.75, 3.05) is 11.6 Å². The number of hydrazine groups is 1. The van der Waals surface area contributed by atoms with E-state index in [0.29, 0.717) is 17.5 Å². The molecule has 0 bridgehead atoms. The van der Waals surface area contributed by atoms with Crippen LogP contribution in [0, 0.1) is 6.92 Å². The van der Waals surface area contributed by atoms with Gasteiger partial charge in [-0.2, -0.15) is 9.78 Å². The summed E-state index contributed by atoms with van der Waals surface area (Å²) in [5.41, 5.74) is 0.644. The summed E-state index contributed by atoms with van der Waals surface area (Å²) in [5.74, 6) is 6.11. The molecule has 0 atom stereocenters. The number of phenolic OH excluding ortho intramolecular Hbond substituents is 2. The zero-order chi connectivity index (χ0) is 15.9. The van der Waals surface area contributed by atoms with Crippen molar-refractivity contribution in [3.63, 3.8) is 0 Å². The monoisotopic (exact) mass is 302 g/mol. The van der Waals surface area contributed by atoms with Gasteiger partial charge in [0.05, 0.1) is 24.2 Å². The van der Waals surface area contributed by atoms with Crippen molar-refractivity contribution in [3.05, 3.63) is 29.6 Å². The van der Waals surface area contributed by atoms with Crippen molar-refractivity contribution in [2.45, 2.75) is 13.3 Å². The maximum Gasteiger partial charge on any atom is 0.262 e. The van der Waals surface area contributed by atoms with Gasteiger partial charge in [0.1, 0.15) is 11.5 Å². The number of rotatable bonds is 3. The number of aromatic nitrogens is 3. The molecular weight excluding hydrogens is 288 g/mol. The fourth-order valence-electron chi connectivity index (χ4n) is 2.21. The Morgan fingerprint density at radius 1 is 1.36 bits per heavy atom. The van der Waals surface area contributed by atoms with Gasteiger partial charge in [-0.25, -0.2) is 5.84 Å². The number of aromatic hydroxyl groups is 2. The van der Waals surface area contributed by atoms with E-state index in [4.69, 9.17) is 5.84 Å². The Bertz CT molecular complexity index is 782. The lowest BCUT2D eigenvalue weighted by molar-refractivity contribution is 0.0997. The van der Waals surface area contributed by atoms with Gasteiger partial charge in [0.15, 0.2) is 11.6 Å². The first kappa shape index (κ1) is 14.0. The van der Waals surface area contributed by atoms with Crippen LogP contribution in [0.25, 0.3) is 0 Å². The van der Waals surface area contributed by atoms with Crippen molar-refractivity contribution in [2.24, 2.45) is 10.9 Å². The topological polar surface area (TPSA) is 130 Å². The normalized spacial score (nSPS) is 13.7. The molecule has 0 amide bonds. The van der Waals surface area contributed by atoms with Gasteiger partial charge in [0.25, 0.3) is 5.95 Å². The van der Waals surface area contributed by atoms with Gasteiger partial charge in [-0.15, -0.1) is 10.2 Å². The molecule has 0 fully saturated rings. The summed E-state index contributed by atoms with van der Waals surface area (Å²) in [6.45, 7) is 1.97. The van der Waals surface area contributed by atoms with Crippen molar-refractivity contribution in [1.82, 2.24) is 14.9 Å². The minimum absolute atomic E-state index is 0.0108. The summed E-state index contributed by atoms with van der Waals surface area (Å²) in [6, 6.07) is 3.83. The van der Waals surface area contributed by atoms with Gasteiger partial charge in [0, 0.05) is 6.07 Å². The summed E-state index contributed by atoms with van der Waals surface area (Å²) in [4.78, 5) is 12.3. The van der Waals surface area contributed by atoms with E-state index in [9.17, 15) is 15.0 Å². The number of hydrogen-bond acceptors (Lipinski definition) is 8. The Morgan fingerprint density at radius 2 is 2.14 bits per heavy atom. The third-order valence-corrected chi connectivity index (χ3v) is 3.28. The molecule has 0 saturated heterocycles. The van der Waals surface area contributed by atoms with E-state index < -0.39 is 0 Å². The number of benzene rings is 1. The van der Waals surface area contributed by atoms with Crippen LogP contribution in [-0.4, -0.2) is 43.1 Å². The second-order valence-corrected chi connectivity index (χ2v) is 4.95. The number of Topliss-reactive ketones (excluding diaryl/α,β-unsaturated/α-hetero) is 1. The number of anilines is 1. The Labute approximate surface area is 125 Å². The Balaban J connectivity index is 1.86. The van der Waals surface area contributed by atoms with Crippen molar-refractivity contribution < 1.29 is 15.0 Å². The van der Waals surface area contributed by atoms with Gasteiger partial charge in [-0.3, -0.25) is 9.80 Å². The average molecular weight is 302 g/mol. The highest BCUT2D eigenvalue weighted by molar-refractivity contribution is 6.12. The summed E-state index contributed by atoms with van der Waals surface area (Å²) in [5, 5.41) is 32.4. The molecule has 3 rings (SSSR count). The molecule has 0 saturated carbocycles. The molecule has 1 aliphatic heterocycles. The molecule has 0 spiro atoms. The lowest BCUT2D eigenvalue weighted by atomic mass is 10.0. The smallest absolute Gasteiger partial charge is 0.262 e. The third kappa shape index (κ3) is 2.37. The highest BCUT2D eigenvalue weighted by atomic mass is 16.3. The van der Waals surface area contributed by atoms with Gasteiger partial charge < -0.3 is 10.2 Å². The summed E-state index contributed by atoms with van der Waals surface area (Å²) >= 11 is 0. The van der Waals surface area contributed by atoms with Crippen LogP contribution in [0.4, 0.5) is 5.95 Å². The molecular formula is C13H14N6O3. The van der Waals surface area contributed by atoms with Gasteiger partial charge >= 0.3 is 0 Å². The number of nitrogens with zero attached hydrogens (tertiary/aromatic N) is 5. The zero-order valence-corrected chi connectivity index (χ0v) is 11.8. The largest absolute Gasteiger partial charge is 0.508 e. The number of carbonyl (C=O) groups is 1. The Hall–Kier alpha value is -2.94. The zero-order valence-electron chi connectivity index (χ0n) is 11.8. The van der Waals surface area contributed by atoms with Crippen LogP contribution in [0.5, 0.6) is 11.5 Å². The van der Waals surface area contributed by atoms with Crippen LogP contribution in [0.15, 0.2) is 23.3 Å². The predicted octanol–water partition coefficient (Wildman–Crippen LogP) is 0.169. The molecule has 1 aromatic carbocycles. The quantitative estimate of drug-likeness (QED) is 0.544. The molecule has 1 aliphatic rings. The first-order valence-corrected chi connectivity index (χ1v) is 6.52. The van der Waals surface area contributed by atoms with Crippen molar-refractivity contribution in [1.29, 1.82) is 0 Å². The minimum Gasteiger partial charge on any atom is -0.508 e. The molecule has 1 aromatic heterocycles. The SMILES string of the molecule is Cc1nnc2n1N=C(CC(=O)c1ccc(O)cc1O)CN2N. The number of nitrogens with two attached hydrogens (primary N) is 1. The van der Waals surface area contributed by atoms with Crippen LogP contribution < -0.4 is 10.9 Å². The lowest BCUT2D eigenvalue weighted by Gasteiger charge is -2.22. The van der Waals surface area contributed by atoms with E-state index in [1.807, 2.05) is 0 Å². The predicted molar refractivity (Wildman–Crippen MR) is 77.8 cm³/mol. The van der Waals surface area contributed by atoms with Crippen LogP contribution in [0.1, 0.15) is 22.6 Å². The molecule has 114 valence electrons. The molecule has 2 aromatic rings. The molecule has 9 nitrogen and oxygen atoms in total. The van der Waals surface area contributed by atoms with E-state index in [0.717, 1.165) is 6.07 Å². The summed E-state index contributed by atoms with van der Waals surface area (Å²) < 4.78 is 1.46. The van der Waals surface area contributed by atoms with Gasteiger partial charge in [-0.1, -0.05) is 0 Å². The van der Waals surface area contributed by atoms with E-state index in [1.54, 1.807) is 6.92 Å². The van der Waals surface area contributed by atoms with Crippen LogP contribution in [-0.2, 0) is 0 Å². The molecule has 2 heterocycles. The van der Waals surface area contributed by atoms with Gasteiger partial charge in [-0.05, 0) is 19.1 Å². The van der Waals surface area contributed by atoms with Crippen LogP contribution >= 0.6 is 0 Å². The maximum atomic E-state index is 12.3. The Morgan fingerprint density at radius 3 is 2.86 bits per heavy atom. The third-order valence-electron chi connectivity index (χ3n) is 3.28. The molecule has 4 N–H and O–H groups in total. The first-order valence-electron chi connectivity index (χ1n) is 6.52. The molecule has 0 unspecified atom stereocenters. The number of hydrogen-bond donors (Lipinski definition) is 3. The molecule has 0 radical (unpaired) electrons. The molecule has 0 aliphatic carbocycles. The number of carbonyl (C=O) groups excluding carboxylic acids is 1.